The third-order valence-electron chi connectivity index (χ3n) is 7.56. The second kappa shape index (κ2) is 14.3. The van der Waals surface area contributed by atoms with Crippen molar-refractivity contribution >= 4 is 21.4 Å². The van der Waals surface area contributed by atoms with Crippen LogP contribution in [-0.2, 0) is 20.8 Å². The predicted octanol–water partition coefficient (Wildman–Crippen LogP) is 5.40. The molecule has 1 saturated heterocycles. The monoisotopic (exact) mass is 671 g/mol. The van der Waals surface area contributed by atoms with Gasteiger partial charge in [0.05, 0.1) is 53.7 Å². The van der Waals surface area contributed by atoms with Gasteiger partial charge in [0.2, 0.25) is 0 Å². The lowest BCUT2D eigenvalue weighted by Gasteiger charge is -2.28. The summed E-state index contributed by atoms with van der Waals surface area (Å²) in [6.07, 6.45) is -7.52. The minimum absolute atomic E-state index is 0.0217. The summed E-state index contributed by atoms with van der Waals surface area (Å²) in [5, 5.41) is 12.5. The van der Waals surface area contributed by atoms with Crippen molar-refractivity contribution in [2.45, 2.75) is 62.1 Å². The van der Waals surface area contributed by atoms with Crippen molar-refractivity contribution in [2.75, 3.05) is 30.4 Å². The van der Waals surface area contributed by atoms with Gasteiger partial charge in [0.25, 0.3) is 5.91 Å². The van der Waals surface area contributed by atoms with E-state index in [0.717, 1.165) is 12.1 Å². The van der Waals surface area contributed by atoms with Crippen molar-refractivity contribution < 1.29 is 49.7 Å². The molecule has 0 aliphatic carbocycles. The van der Waals surface area contributed by atoms with Gasteiger partial charge in [-0.15, -0.1) is 0 Å². The summed E-state index contributed by atoms with van der Waals surface area (Å²) >= 11 is 0. The topological polar surface area (TPSA) is 118 Å². The number of aromatic nitrogens is 1. The number of carbonyl (C=O) groups excluding carboxylic acids is 1. The van der Waals surface area contributed by atoms with E-state index in [4.69, 9.17) is 9.47 Å². The number of anilines is 1. The minimum Gasteiger partial charge on any atom is -0.489 e. The zero-order valence-electron chi connectivity index (χ0n) is 25.0. The quantitative estimate of drug-likeness (QED) is 0.232. The van der Waals surface area contributed by atoms with Gasteiger partial charge in [-0.25, -0.2) is 8.42 Å². The molecule has 1 aromatic heterocycles. The molecule has 1 amide bonds. The number of aliphatic hydroxyl groups is 1. The molecule has 2 aromatic carbocycles. The molecule has 9 nitrogen and oxygen atoms in total. The first kappa shape index (κ1) is 35.0. The number of alkyl halides is 5. The Morgan fingerprint density at radius 3 is 2.26 bits per heavy atom. The Labute approximate surface area is 263 Å². The van der Waals surface area contributed by atoms with Crippen LogP contribution in [0, 0.1) is 0 Å². The van der Waals surface area contributed by atoms with Gasteiger partial charge in [0.1, 0.15) is 11.9 Å². The van der Waals surface area contributed by atoms with Crippen molar-refractivity contribution in [3.63, 3.8) is 0 Å². The summed E-state index contributed by atoms with van der Waals surface area (Å²) in [5.41, 5.74) is 0.212. The van der Waals surface area contributed by atoms with Gasteiger partial charge in [-0.1, -0.05) is 13.8 Å². The normalized spacial score (nSPS) is 18.0. The van der Waals surface area contributed by atoms with E-state index in [1.165, 1.54) is 56.4 Å². The second-order valence-electron chi connectivity index (χ2n) is 10.7. The second-order valence-corrected chi connectivity index (χ2v) is 13.0. The van der Waals surface area contributed by atoms with E-state index in [1.807, 2.05) is 0 Å². The van der Waals surface area contributed by atoms with Crippen LogP contribution >= 0.6 is 0 Å². The van der Waals surface area contributed by atoms with Crippen LogP contribution in [0.4, 0.5) is 27.6 Å². The molecule has 1 unspecified atom stereocenters. The predicted molar refractivity (Wildman–Crippen MR) is 158 cm³/mol. The Kier molecular flexibility index (Phi) is 10.9. The summed E-state index contributed by atoms with van der Waals surface area (Å²) in [6, 6.07) is 11.7. The molecule has 3 atom stereocenters. The molecule has 4 rings (SSSR count). The van der Waals surface area contributed by atoms with Crippen molar-refractivity contribution in [3.05, 3.63) is 83.7 Å². The van der Waals surface area contributed by atoms with Crippen LogP contribution < -0.4 is 15.0 Å². The fourth-order valence-corrected chi connectivity index (χ4v) is 5.70. The summed E-state index contributed by atoms with van der Waals surface area (Å²) < 4.78 is 102. The molecule has 3 aromatic rings. The highest BCUT2D eigenvalue weighted by Gasteiger charge is 2.37. The van der Waals surface area contributed by atoms with E-state index in [1.54, 1.807) is 17.0 Å². The number of amides is 1. The maximum Gasteiger partial charge on any atom is 0.416 e. The van der Waals surface area contributed by atoms with E-state index < -0.39 is 64.8 Å². The first-order chi connectivity index (χ1) is 21.7. The van der Waals surface area contributed by atoms with Crippen LogP contribution in [-0.4, -0.2) is 68.2 Å². The fraction of sp³-hybridized carbons (Fsp3) is 0.419. The molecule has 15 heteroatoms. The molecule has 0 spiro atoms. The lowest BCUT2D eigenvalue weighted by molar-refractivity contribution is -0.241. The molecule has 1 aliphatic rings. The molecular formula is C31H34F5N3O6S. The molecule has 2 N–H and O–H groups in total. The Balaban J connectivity index is 1.46. The number of pyridine rings is 1. The van der Waals surface area contributed by atoms with Crippen molar-refractivity contribution in [2.24, 2.45) is 0 Å². The standard InChI is InChI=1S/C31H34F5N3O6S/c1-3-30(32,33)44-19-23-15-25(45-24-11-7-21(8-12-24)31(34,35)36)17-39(23)22-9-5-20(6-10-22)29(41)38-28(18-40)27-14-13-26(16-37-27)46(42,43)4-2/h5-14,16,23,25,28,40H,3-4,15,17-19H2,1-2H3,(H,38,41)/t23-,25?,28-/m0/s1. The molecule has 0 bridgehead atoms. The van der Waals surface area contributed by atoms with E-state index in [0.29, 0.717) is 5.69 Å². The van der Waals surface area contributed by atoms with E-state index >= 15 is 0 Å². The zero-order valence-corrected chi connectivity index (χ0v) is 25.8. The van der Waals surface area contributed by atoms with Gasteiger partial charge in [-0.2, -0.15) is 22.0 Å². The molecule has 0 radical (unpaired) electrons. The van der Waals surface area contributed by atoms with Crippen LogP contribution in [0.1, 0.15) is 54.3 Å². The number of rotatable bonds is 13. The first-order valence-electron chi connectivity index (χ1n) is 14.5. The summed E-state index contributed by atoms with van der Waals surface area (Å²) in [4.78, 5) is 18.9. The van der Waals surface area contributed by atoms with Gasteiger partial charge in [-0.3, -0.25) is 9.78 Å². The highest BCUT2D eigenvalue weighted by atomic mass is 32.2. The molecule has 250 valence electrons. The SMILES string of the molecule is CCC(F)(F)OC[C@@H]1CC(Oc2ccc(C(F)(F)F)cc2)CN1c1ccc(C(=O)N[C@@H](CO)c2ccc(S(=O)(=O)CC)cn2)cc1. The highest BCUT2D eigenvalue weighted by molar-refractivity contribution is 7.91. The third kappa shape index (κ3) is 8.70. The maximum atomic E-state index is 13.9. The molecule has 46 heavy (non-hydrogen) atoms. The Hall–Kier alpha value is -3.82. The third-order valence-corrected chi connectivity index (χ3v) is 9.28. The summed E-state index contributed by atoms with van der Waals surface area (Å²) in [5.74, 6) is -0.460. The van der Waals surface area contributed by atoms with Crippen LogP contribution in [0.5, 0.6) is 5.75 Å². The minimum atomic E-state index is -4.50. The lowest BCUT2D eigenvalue weighted by Crippen LogP contribution is -2.36. The van der Waals surface area contributed by atoms with E-state index in [-0.39, 0.29) is 47.2 Å². The Morgan fingerprint density at radius 2 is 1.72 bits per heavy atom. The number of aliphatic hydroxyl groups excluding tert-OH is 1. The number of hydrogen-bond acceptors (Lipinski definition) is 8. The van der Waals surface area contributed by atoms with E-state index in [2.05, 4.69) is 10.3 Å². The van der Waals surface area contributed by atoms with Gasteiger partial charge >= 0.3 is 12.3 Å². The molecule has 1 fully saturated rings. The van der Waals surface area contributed by atoms with Gasteiger partial charge in [-0.05, 0) is 60.7 Å². The Bertz CT molecular complexity index is 1570. The number of nitrogens with zero attached hydrogens (tertiary/aromatic N) is 2. The van der Waals surface area contributed by atoms with Gasteiger partial charge in [0.15, 0.2) is 9.84 Å². The molecule has 0 saturated carbocycles. The average molecular weight is 672 g/mol. The van der Waals surface area contributed by atoms with Gasteiger partial charge < -0.3 is 24.8 Å². The van der Waals surface area contributed by atoms with Gasteiger partial charge in [0, 0.05) is 30.3 Å². The van der Waals surface area contributed by atoms with Crippen molar-refractivity contribution in [1.29, 1.82) is 0 Å². The first-order valence-corrected chi connectivity index (χ1v) is 16.1. The van der Waals surface area contributed by atoms with Crippen LogP contribution in [0.25, 0.3) is 0 Å². The number of benzene rings is 2. The molecular weight excluding hydrogens is 637 g/mol. The Morgan fingerprint density at radius 1 is 1.04 bits per heavy atom. The largest absolute Gasteiger partial charge is 0.489 e. The molecule has 2 heterocycles. The van der Waals surface area contributed by atoms with Crippen LogP contribution in [0.3, 0.4) is 0 Å². The number of carbonyl (C=O) groups is 1. The lowest BCUT2D eigenvalue weighted by atomic mass is 10.1. The van der Waals surface area contributed by atoms with Crippen LogP contribution in [0.15, 0.2) is 71.8 Å². The summed E-state index contributed by atoms with van der Waals surface area (Å²) in [7, 11) is -3.47. The van der Waals surface area contributed by atoms with Crippen LogP contribution in [0.2, 0.25) is 0 Å². The maximum absolute atomic E-state index is 13.9. The highest BCUT2D eigenvalue weighted by Crippen LogP contribution is 2.33. The average Bonchev–Trinajstić information content (AvgIpc) is 3.45. The van der Waals surface area contributed by atoms with Crippen molar-refractivity contribution in [3.8, 4) is 5.75 Å². The summed E-state index contributed by atoms with van der Waals surface area (Å²) in [6.45, 7) is 2.15. The smallest absolute Gasteiger partial charge is 0.416 e. The fourth-order valence-electron chi connectivity index (χ4n) is 4.88. The van der Waals surface area contributed by atoms with Crippen molar-refractivity contribution in [1.82, 2.24) is 10.3 Å². The number of sulfone groups is 1. The number of ether oxygens (including phenoxy) is 2. The zero-order chi connectivity index (χ0) is 33.7. The number of halogens is 5. The number of hydrogen-bond donors (Lipinski definition) is 2. The molecule has 1 aliphatic heterocycles. The van der Waals surface area contributed by atoms with E-state index in [9.17, 15) is 40.3 Å². The number of nitrogens with one attached hydrogen (secondary N) is 1.